The molecule has 0 radical (unpaired) electrons. The van der Waals surface area contributed by atoms with E-state index in [0.29, 0.717) is 22.5 Å². The number of hydrogen-bond donors (Lipinski definition) is 1. The van der Waals surface area contributed by atoms with Gasteiger partial charge in [-0.3, -0.25) is 5.32 Å². The van der Waals surface area contributed by atoms with Crippen LogP contribution in [-0.4, -0.2) is 29.5 Å². The molecule has 0 aliphatic rings. The second kappa shape index (κ2) is 7.03. The molecule has 2 rings (SSSR count). The van der Waals surface area contributed by atoms with Crippen LogP contribution in [0.4, 0.5) is 14.3 Å². The molecule has 112 valence electrons. The highest BCUT2D eigenvalue weighted by atomic mass is 32.1. The lowest BCUT2D eigenvalue weighted by Crippen LogP contribution is -2.31. The van der Waals surface area contributed by atoms with E-state index in [1.807, 2.05) is 6.92 Å². The van der Waals surface area contributed by atoms with Gasteiger partial charge >= 0.3 is 6.03 Å². The minimum Gasteiger partial charge on any atom is -0.445 e. The van der Waals surface area contributed by atoms with Gasteiger partial charge in [0.15, 0.2) is 5.13 Å². The van der Waals surface area contributed by atoms with Crippen molar-refractivity contribution in [1.82, 2.24) is 9.88 Å². The summed E-state index contributed by atoms with van der Waals surface area (Å²) in [5.41, 5.74) is 0. The summed E-state index contributed by atoms with van der Waals surface area (Å²) in [4.78, 5) is 17.4. The van der Waals surface area contributed by atoms with Gasteiger partial charge < -0.3 is 9.64 Å². The predicted octanol–water partition coefficient (Wildman–Crippen LogP) is 3.95. The maximum absolute atomic E-state index is 13.1. The summed E-state index contributed by atoms with van der Waals surface area (Å²) in [7, 11) is 1.72. The van der Waals surface area contributed by atoms with Gasteiger partial charge in [-0.15, -0.1) is 0 Å². The van der Waals surface area contributed by atoms with Crippen molar-refractivity contribution in [2.75, 3.05) is 18.9 Å². The van der Waals surface area contributed by atoms with E-state index in [-0.39, 0.29) is 11.8 Å². The first-order valence-corrected chi connectivity index (χ1v) is 7.31. The van der Waals surface area contributed by atoms with Crippen molar-refractivity contribution in [3.63, 3.8) is 0 Å². The third-order valence-electron chi connectivity index (χ3n) is 2.62. The second-order valence-corrected chi connectivity index (χ2v) is 5.39. The third-order valence-corrected chi connectivity index (χ3v) is 3.41. The summed E-state index contributed by atoms with van der Waals surface area (Å²) in [5, 5.41) is 3.60. The number of ether oxygens (including phenoxy) is 1. The molecule has 0 saturated heterocycles. The number of amides is 2. The monoisotopic (exact) mass is 309 g/mol. The predicted molar refractivity (Wildman–Crippen MR) is 80.5 cm³/mol. The number of carbonyl (C=O) groups excluding carboxylic acids is 1. The van der Waals surface area contributed by atoms with Gasteiger partial charge in [-0.1, -0.05) is 24.3 Å². The smallest absolute Gasteiger partial charge is 0.323 e. The molecule has 1 aromatic heterocycles. The Bertz CT molecular complexity index is 618. The summed E-state index contributed by atoms with van der Waals surface area (Å²) in [6.07, 6.45) is 2.38. The van der Waals surface area contributed by atoms with Crippen LogP contribution in [0.2, 0.25) is 0 Å². The van der Waals surface area contributed by atoms with Crippen molar-refractivity contribution < 1.29 is 13.9 Å². The van der Waals surface area contributed by atoms with Crippen LogP contribution in [0.25, 0.3) is 0 Å². The zero-order chi connectivity index (χ0) is 15.2. The minimum atomic E-state index is -0.369. The van der Waals surface area contributed by atoms with E-state index in [9.17, 15) is 9.18 Å². The maximum atomic E-state index is 13.1. The fraction of sp³-hybridized carbons (Fsp3) is 0.286. The summed E-state index contributed by atoms with van der Waals surface area (Å²) in [6.45, 7) is 2.67. The molecule has 0 bridgehead atoms. The van der Waals surface area contributed by atoms with Crippen LogP contribution in [0.5, 0.6) is 10.8 Å². The summed E-state index contributed by atoms with van der Waals surface area (Å²) in [6, 6.07) is 5.62. The average Bonchev–Trinajstić information content (AvgIpc) is 2.86. The molecule has 5 nitrogen and oxygen atoms in total. The van der Waals surface area contributed by atoms with Crippen LogP contribution in [0.1, 0.15) is 13.3 Å². The van der Waals surface area contributed by atoms with E-state index in [1.165, 1.54) is 29.7 Å². The highest BCUT2D eigenvalue weighted by molar-refractivity contribution is 7.17. The topological polar surface area (TPSA) is 54.5 Å². The van der Waals surface area contributed by atoms with Gasteiger partial charge in [0.1, 0.15) is 11.6 Å². The van der Waals surface area contributed by atoms with Gasteiger partial charge in [0, 0.05) is 19.7 Å². The number of rotatable bonds is 5. The van der Waals surface area contributed by atoms with Gasteiger partial charge in [-0.2, -0.15) is 0 Å². The number of anilines is 1. The maximum Gasteiger partial charge on any atom is 0.323 e. The molecule has 0 aliphatic heterocycles. The molecule has 0 unspecified atom stereocenters. The summed E-state index contributed by atoms with van der Waals surface area (Å²) >= 11 is 1.18. The Balaban J connectivity index is 1.97. The number of carbonyl (C=O) groups is 1. The average molecular weight is 309 g/mol. The first-order chi connectivity index (χ1) is 10.1. The number of hydrogen-bond acceptors (Lipinski definition) is 4. The molecule has 0 atom stereocenters. The van der Waals surface area contributed by atoms with Gasteiger partial charge in [0.2, 0.25) is 5.06 Å². The van der Waals surface area contributed by atoms with Crippen LogP contribution >= 0.6 is 11.3 Å². The van der Waals surface area contributed by atoms with Crippen LogP contribution in [0.3, 0.4) is 0 Å². The molecule has 1 N–H and O–H groups in total. The lowest BCUT2D eigenvalue weighted by molar-refractivity contribution is 0.222. The molecule has 0 aliphatic carbocycles. The number of nitrogens with one attached hydrogen (secondary N) is 1. The SMILES string of the molecule is CCCN(C)C(=O)Nc1ncc(Oc2cccc(F)c2)s1. The molecule has 0 saturated carbocycles. The molecule has 21 heavy (non-hydrogen) atoms. The molecular formula is C14H16FN3O2S. The van der Waals surface area contributed by atoms with E-state index in [4.69, 9.17) is 4.74 Å². The highest BCUT2D eigenvalue weighted by Gasteiger charge is 2.11. The number of aromatic nitrogens is 1. The van der Waals surface area contributed by atoms with Crippen molar-refractivity contribution >= 4 is 22.5 Å². The van der Waals surface area contributed by atoms with Gasteiger partial charge in [-0.25, -0.2) is 14.2 Å². The van der Waals surface area contributed by atoms with E-state index in [1.54, 1.807) is 24.1 Å². The van der Waals surface area contributed by atoms with Crippen LogP contribution < -0.4 is 10.1 Å². The van der Waals surface area contributed by atoms with Crippen LogP contribution in [-0.2, 0) is 0 Å². The summed E-state index contributed by atoms with van der Waals surface area (Å²) in [5.74, 6) is 0.0198. The van der Waals surface area contributed by atoms with Crippen molar-refractivity contribution in [1.29, 1.82) is 0 Å². The molecular weight excluding hydrogens is 293 g/mol. The van der Waals surface area contributed by atoms with E-state index < -0.39 is 0 Å². The van der Waals surface area contributed by atoms with Crippen LogP contribution in [0.15, 0.2) is 30.5 Å². The third kappa shape index (κ3) is 4.42. The number of urea groups is 1. The second-order valence-electron chi connectivity index (χ2n) is 4.40. The fourth-order valence-electron chi connectivity index (χ4n) is 1.63. The molecule has 2 amide bonds. The molecule has 1 aromatic carbocycles. The number of nitrogens with zero attached hydrogens (tertiary/aromatic N) is 2. The molecule has 2 aromatic rings. The van der Waals surface area contributed by atoms with Crippen molar-refractivity contribution in [3.05, 3.63) is 36.3 Å². The number of thiazole rings is 1. The first kappa shape index (κ1) is 15.2. The Morgan fingerprint density at radius 3 is 3.05 bits per heavy atom. The normalized spacial score (nSPS) is 10.2. The van der Waals surface area contributed by atoms with E-state index in [2.05, 4.69) is 10.3 Å². The van der Waals surface area contributed by atoms with E-state index in [0.717, 1.165) is 6.42 Å². The minimum absolute atomic E-state index is 0.219. The zero-order valence-corrected chi connectivity index (χ0v) is 12.6. The van der Waals surface area contributed by atoms with Crippen molar-refractivity contribution in [3.8, 4) is 10.8 Å². The van der Waals surface area contributed by atoms with Crippen molar-refractivity contribution in [2.24, 2.45) is 0 Å². The Kier molecular flexibility index (Phi) is 5.10. The molecule has 1 heterocycles. The highest BCUT2D eigenvalue weighted by Crippen LogP contribution is 2.30. The molecule has 0 spiro atoms. The summed E-state index contributed by atoms with van der Waals surface area (Å²) < 4.78 is 18.5. The van der Waals surface area contributed by atoms with E-state index >= 15 is 0 Å². The van der Waals surface area contributed by atoms with Gasteiger partial charge in [0.05, 0.1) is 6.20 Å². The molecule has 7 heteroatoms. The lowest BCUT2D eigenvalue weighted by atomic mass is 10.3. The largest absolute Gasteiger partial charge is 0.445 e. The Hall–Kier alpha value is -2.15. The first-order valence-electron chi connectivity index (χ1n) is 6.50. The van der Waals surface area contributed by atoms with Gasteiger partial charge in [-0.05, 0) is 18.6 Å². The Labute approximate surface area is 126 Å². The fourth-order valence-corrected chi connectivity index (χ4v) is 2.31. The molecule has 0 fully saturated rings. The number of halogens is 1. The Morgan fingerprint density at radius 2 is 2.33 bits per heavy atom. The standard InChI is InChI=1S/C14H16FN3O2S/c1-3-7-18(2)14(19)17-13-16-9-12(21-13)20-11-6-4-5-10(15)8-11/h4-6,8-9H,3,7H2,1-2H3,(H,16,17,19). The Morgan fingerprint density at radius 1 is 1.52 bits per heavy atom. The lowest BCUT2D eigenvalue weighted by Gasteiger charge is -2.15. The van der Waals surface area contributed by atoms with Crippen molar-refractivity contribution in [2.45, 2.75) is 13.3 Å². The van der Waals surface area contributed by atoms with Gasteiger partial charge in [0.25, 0.3) is 0 Å². The number of benzene rings is 1. The zero-order valence-electron chi connectivity index (χ0n) is 11.8. The van der Waals surface area contributed by atoms with Crippen LogP contribution in [0, 0.1) is 5.82 Å². The quantitative estimate of drug-likeness (QED) is 0.910.